The van der Waals surface area contributed by atoms with E-state index < -0.39 is 10.0 Å². The van der Waals surface area contributed by atoms with Crippen LogP contribution < -0.4 is 0 Å². The highest BCUT2D eigenvalue weighted by molar-refractivity contribution is 7.89. The van der Waals surface area contributed by atoms with Crippen LogP contribution in [0, 0.1) is 6.92 Å². The van der Waals surface area contributed by atoms with Crippen molar-refractivity contribution in [3.05, 3.63) is 113 Å². The fraction of sp³-hybridized carbons (Fsp3) is 0.154. The Bertz CT molecular complexity index is 1320. The first kappa shape index (κ1) is 19.0. The van der Waals surface area contributed by atoms with E-state index in [9.17, 15) is 8.42 Å². The van der Waals surface area contributed by atoms with Gasteiger partial charge in [0.05, 0.1) is 10.9 Å². The number of hydrogen-bond donors (Lipinski definition) is 0. The number of fused-ring (bicyclic) bond motifs is 2. The van der Waals surface area contributed by atoms with Gasteiger partial charge >= 0.3 is 0 Å². The third-order valence-corrected chi connectivity index (χ3v) is 7.86. The number of rotatable bonds is 3. The Morgan fingerprint density at radius 1 is 0.767 bits per heavy atom. The van der Waals surface area contributed by atoms with Crippen molar-refractivity contribution in [3.63, 3.8) is 0 Å². The number of benzene rings is 4. The van der Waals surface area contributed by atoms with E-state index in [1.165, 1.54) is 5.56 Å². The standard InChI is InChI=1S/C26H23NO2S/c1-19-13-15-22(16-14-19)30(28,29)27-18-17-21-8-3-5-11-24(21)26(27)25-12-6-9-20-7-2-4-10-23(20)25/h2-16,26H,17-18H2,1H3. The second-order valence-electron chi connectivity index (χ2n) is 7.85. The van der Waals surface area contributed by atoms with E-state index in [-0.39, 0.29) is 6.04 Å². The Hall–Kier alpha value is -2.95. The summed E-state index contributed by atoms with van der Waals surface area (Å²) in [7, 11) is -3.65. The van der Waals surface area contributed by atoms with Crippen molar-refractivity contribution in [1.82, 2.24) is 4.31 Å². The van der Waals surface area contributed by atoms with Gasteiger partial charge in [0.15, 0.2) is 0 Å². The van der Waals surface area contributed by atoms with Gasteiger partial charge in [0, 0.05) is 6.54 Å². The molecular formula is C26H23NO2S. The van der Waals surface area contributed by atoms with Crippen LogP contribution in [0.3, 0.4) is 0 Å². The van der Waals surface area contributed by atoms with Gasteiger partial charge in [-0.25, -0.2) is 8.42 Å². The molecule has 1 atom stereocenters. The molecule has 4 aromatic carbocycles. The molecule has 0 bridgehead atoms. The minimum atomic E-state index is -3.65. The topological polar surface area (TPSA) is 37.4 Å². The quantitative estimate of drug-likeness (QED) is 0.446. The minimum absolute atomic E-state index is 0.345. The van der Waals surface area contributed by atoms with E-state index in [0.717, 1.165) is 27.5 Å². The SMILES string of the molecule is Cc1ccc(S(=O)(=O)N2CCc3ccccc3C2c2cccc3ccccc23)cc1. The number of aryl methyl sites for hydroxylation is 1. The van der Waals surface area contributed by atoms with Crippen molar-refractivity contribution < 1.29 is 8.42 Å². The summed E-state index contributed by atoms with van der Waals surface area (Å²) in [4.78, 5) is 0.345. The third-order valence-electron chi connectivity index (χ3n) is 5.98. The Morgan fingerprint density at radius 2 is 1.43 bits per heavy atom. The Morgan fingerprint density at radius 3 is 2.27 bits per heavy atom. The molecule has 0 aliphatic carbocycles. The molecule has 1 heterocycles. The van der Waals surface area contributed by atoms with E-state index in [0.29, 0.717) is 17.9 Å². The molecule has 1 aliphatic heterocycles. The van der Waals surface area contributed by atoms with Crippen LogP contribution in [0.4, 0.5) is 0 Å². The molecule has 4 aromatic rings. The molecule has 0 saturated carbocycles. The maximum atomic E-state index is 13.8. The fourth-order valence-corrected chi connectivity index (χ4v) is 6.05. The predicted octanol–water partition coefficient (Wildman–Crippen LogP) is 5.48. The number of hydrogen-bond acceptors (Lipinski definition) is 2. The first-order valence-electron chi connectivity index (χ1n) is 10.2. The summed E-state index contributed by atoms with van der Waals surface area (Å²) < 4.78 is 29.2. The predicted molar refractivity (Wildman–Crippen MR) is 121 cm³/mol. The van der Waals surface area contributed by atoms with Gasteiger partial charge in [0.2, 0.25) is 10.0 Å². The molecule has 30 heavy (non-hydrogen) atoms. The highest BCUT2D eigenvalue weighted by Crippen LogP contribution is 2.41. The lowest BCUT2D eigenvalue weighted by Gasteiger charge is -2.37. The molecule has 0 amide bonds. The smallest absolute Gasteiger partial charge is 0.207 e. The van der Waals surface area contributed by atoms with E-state index in [2.05, 4.69) is 36.4 Å². The molecule has 0 spiro atoms. The third kappa shape index (κ3) is 3.13. The Labute approximate surface area is 177 Å². The van der Waals surface area contributed by atoms with E-state index in [1.807, 2.05) is 49.4 Å². The van der Waals surface area contributed by atoms with Gasteiger partial charge in [-0.05, 0) is 52.9 Å². The summed E-state index contributed by atoms with van der Waals surface area (Å²) in [5, 5.41) is 2.21. The molecule has 1 aliphatic rings. The van der Waals surface area contributed by atoms with Gasteiger partial charge in [-0.15, -0.1) is 0 Å². The summed E-state index contributed by atoms with van der Waals surface area (Å²) in [6.07, 6.45) is 0.711. The van der Waals surface area contributed by atoms with Crippen LogP contribution >= 0.6 is 0 Å². The summed E-state index contributed by atoms with van der Waals surface area (Å²) in [5.41, 5.74) is 4.35. The molecule has 150 valence electrons. The number of sulfonamides is 1. The average molecular weight is 414 g/mol. The van der Waals surface area contributed by atoms with Crippen molar-refractivity contribution in [1.29, 1.82) is 0 Å². The second kappa shape index (κ2) is 7.38. The van der Waals surface area contributed by atoms with Gasteiger partial charge in [-0.2, -0.15) is 4.31 Å². The van der Waals surface area contributed by atoms with Crippen molar-refractivity contribution >= 4 is 20.8 Å². The molecule has 0 fully saturated rings. The lowest BCUT2D eigenvalue weighted by Crippen LogP contribution is -2.40. The molecule has 0 saturated heterocycles. The van der Waals surface area contributed by atoms with Crippen molar-refractivity contribution in [3.8, 4) is 0 Å². The maximum Gasteiger partial charge on any atom is 0.243 e. The summed E-state index contributed by atoms with van der Waals surface area (Å²) in [6.45, 7) is 2.42. The monoisotopic (exact) mass is 413 g/mol. The van der Waals surface area contributed by atoms with Crippen molar-refractivity contribution in [2.24, 2.45) is 0 Å². The fourth-order valence-electron chi connectivity index (χ4n) is 4.46. The summed E-state index contributed by atoms with van der Waals surface area (Å²) >= 11 is 0. The van der Waals surface area contributed by atoms with Crippen LogP contribution in [-0.4, -0.2) is 19.3 Å². The average Bonchev–Trinajstić information content (AvgIpc) is 2.78. The molecule has 3 nitrogen and oxygen atoms in total. The number of nitrogens with zero attached hydrogens (tertiary/aromatic N) is 1. The van der Waals surface area contributed by atoms with Gasteiger partial charge in [0.25, 0.3) is 0 Å². The van der Waals surface area contributed by atoms with Crippen LogP contribution in [0.5, 0.6) is 0 Å². The zero-order chi connectivity index (χ0) is 20.7. The van der Waals surface area contributed by atoms with Crippen LogP contribution in [0.1, 0.15) is 28.3 Å². The first-order chi connectivity index (χ1) is 14.6. The molecule has 5 rings (SSSR count). The maximum absolute atomic E-state index is 13.8. The Kier molecular flexibility index (Phi) is 4.69. The molecule has 0 aromatic heterocycles. The van der Waals surface area contributed by atoms with Gasteiger partial charge in [0.1, 0.15) is 0 Å². The highest BCUT2D eigenvalue weighted by Gasteiger charge is 2.37. The zero-order valence-corrected chi connectivity index (χ0v) is 17.6. The van der Waals surface area contributed by atoms with Gasteiger partial charge in [-0.1, -0.05) is 84.4 Å². The van der Waals surface area contributed by atoms with Crippen molar-refractivity contribution in [2.75, 3.05) is 6.54 Å². The molecular weight excluding hydrogens is 390 g/mol. The van der Waals surface area contributed by atoms with E-state index in [1.54, 1.807) is 16.4 Å². The normalized spacial score (nSPS) is 17.0. The van der Waals surface area contributed by atoms with Gasteiger partial charge in [-0.3, -0.25) is 0 Å². The van der Waals surface area contributed by atoms with Crippen LogP contribution in [0.2, 0.25) is 0 Å². The van der Waals surface area contributed by atoms with Crippen molar-refractivity contribution in [2.45, 2.75) is 24.3 Å². The lowest BCUT2D eigenvalue weighted by molar-refractivity contribution is 0.345. The molecule has 0 N–H and O–H groups in total. The van der Waals surface area contributed by atoms with Crippen LogP contribution in [0.15, 0.2) is 95.9 Å². The second-order valence-corrected chi connectivity index (χ2v) is 9.74. The minimum Gasteiger partial charge on any atom is -0.207 e. The van der Waals surface area contributed by atoms with Crippen LogP contribution in [0.25, 0.3) is 10.8 Å². The highest BCUT2D eigenvalue weighted by atomic mass is 32.2. The molecule has 4 heteroatoms. The first-order valence-corrected chi connectivity index (χ1v) is 11.6. The van der Waals surface area contributed by atoms with E-state index in [4.69, 9.17) is 0 Å². The molecule has 0 radical (unpaired) electrons. The summed E-state index contributed by atoms with van der Waals surface area (Å²) in [5.74, 6) is 0. The van der Waals surface area contributed by atoms with Gasteiger partial charge < -0.3 is 0 Å². The zero-order valence-electron chi connectivity index (χ0n) is 16.8. The lowest BCUT2D eigenvalue weighted by atomic mass is 9.87. The van der Waals surface area contributed by atoms with E-state index >= 15 is 0 Å². The Balaban J connectivity index is 1.74. The molecule has 1 unspecified atom stereocenters. The summed E-state index contributed by atoms with van der Waals surface area (Å²) in [6, 6.07) is 29.3. The largest absolute Gasteiger partial charge is 0.243 e. The van der Waals surface area contributed by atoms with Crippen LogP contribution in [-0.2, 0) is 16.4 Å².